The molecule has 13 heteroatoms. The second-order valence-corrected chi connectivity index (χ2v) is 9.05. The van der Waals surface area contributed by atoms with Crippen LogP contribution in [0, 0.1) is 0 Å². The van der Waals surface area contributed by atoms with E-state index < -0.39 is 5.91 Å². The summed E-state index contributed by atoms with van der Waals surface area (Å²) < 4.78 is 17.9. The molecule has 3 aromatic carbocycles. The van der Waals surface area contributed by atoms with Gasteiger partial charge in [-0.1, -0.05) is 47.5 Å². The van der Waals surface area contributed by atoms with Gasteiger partial charge in [0.2, 0.25) is 0 Å². The minimum atomic E-state index is -0.413. The number of rotatable bonds is 9. The van der Waals surface area contributed by atoms with Crippen LogP contribution in [0.4, 0.5) is 5.82 Å². The largest absolute Gasteiger partial charge is 0.493 e. The monoisotopic (exact) mass is 565 g/mol. The second-order valence-electron chi connectivity index (χ2n) is 8.20. The third kappa shape index (κ3) is 5.64. The van der Waals surface area contributed by atoms with Crippen molar-refractivity contribution in [3.05, 3.63) is 81.8 Å². The van der Waals surface area contributed by atoms with Gasteiger partial charge in [0, 0.05) is 21.2 Å². The number of aromatic nitrogens is 4. The summed E-state index contributed by atoms with van der Waals surface area (Å²) in [5, 5.41) is 12.6. The Kier molecular flexibility index (Phi) is 7.62. The number of hydrogen-bond donors (Lipinski definition) is 2. The van der Waals surface area contributed by atoms with Gasteiger partial charge in [0.05, 0.1) is 24.4 Å². The number of hydrazone groups is 1. The molecule has 0 aliphatic rings. The summed E-state index contributed by atoms with van der Waals surface area (Å²) in [6.45, 7) is 0.0517. The van der Waals surface area contributed by atoms with Crippen LogP contribution in [0.25, 0.3) is 22.6 Å². The molecule has 198 valence electrons. The number of nitrogens with one attached hydrogen (secondary N) is 1. The normalized spacial score (nSPS) is 11.3. The number of anilines is 1. The lowest BCUT2D eigenvalue weighted by Gasteiger charge is -2.14. The Morgan fingerprint density at radius 2 is 2.00 bits per heavy atom. The van der Waals surface area contributed by atoms with Gasteiger partial charge in [-0.15, -0.1) is 0 Å². The summed E-state index contributed by atoms with van der Waals surface area (Å²) in [6.07, 6.45) is 1.46. The lowest BCUT2D eigenvalue weighted by atomic mass is 10.2. The number of benzene rings is 3. The standard InChI is InChI=1S/C26H21Cl2N7O4/c1-37-21-8-4-5-15(24(21)38-14-16-9-10-17(27)11-18(16)28)12-30-32-22(36)13-35-20-7-3-2-6-19(20)31-26(35)23-25(29)34-39-33-23/h2-12H,13-14H2,1H3,(H2,29,34)(H,32,36)/b30-12+. The van der Waals surface area contributed by atoms with E-state index >= 15 is 0 Å². The topological polar surface area (TPSA) is 143 Å². The van der Waals surface area contributed by atoms with Crippen molar-refractivity contribution in [1.82, 2.24) is 25.3 Å². The number of nitrogen functional groups attached to an aromatic ring is 1. The Balaban J connectivity index is 1.34. The summed E-state index contributed by atoms with van der Waals surface area (Å²) in [5.74, 6) is 0.919. The van der Waals surface area contributed by atoms with Crippen LogP contribution < -0.4 is 20.6 Å². The summed E-state index contributed by atoms with van der Waals surface area (Å²) in [7, 11) is 1.53. The summed E-state index contributed by atoms with van der Waals surface area (Å²) in [5.41, 5.74) is 11.3. The zero-order valence-electron chi connectivity index (χ0n) is 20.5. The van der Waals surface area contributed by atoms with E-state index in [4.69, 9.17) is 43.0 Å². The lowest BCUT2D eigenvalue weighted by Crippen LogP contribution is -2.23. The maximum atomic E-state index is 12.9. The Hall–Kier alpha value is -4.61. The lowest BCUT2D eigenvalue weighted by molar-refractivity contribution is -0.121. The molecule has 0 bridgehead atoms. The first kappa shape index (κ1) is 26.0. The molecule has 0 aliphatic carbocycles. The predicted molar refractivity (Wildman–Crippen MR) is 147 cm³/mol. The first-order valence-corrected chi connectivity index (χ1v) is 12.3. The number of nitrogens with zero attached hydrogens (tertiary/aromatic N) is 5. The molecule has 2 heterocycles. The molecule has 2 aromatic heterocycles. The molecule has 0 saturated heterocycles. The molecule has 0 aliphatic heterocycles. The van der Waals surface area contributed by atoms with Crippen LogP contribution in [0.5, 0.6) is 11.5 Å². The number of halogens is 2. The minimum Gasteiger partial charge on any atom is -0.493 e. The van der Waals surface area contributed by atoms with Gasteiger partial charge >= 0.3 is 0 Å². The van der Waals surface area contributed by atoms with E-state index in [1.54, 1.807) is 41.0 Å². The van der Waals surface area contributed by atoms with Crippen molar-refractivity contribution in [2.24, 2.45) is 5.10 Å². The van der Waals surface area contributed by atoms with E-state index in [0.717, 1.165) is 5.56 Å². The van der Waals surface area contributed by atoms with Crippen LogP contribution in [0.15, 0.2) is 70.4 Å². The van der Waals surface area contributed by atoms with E-state index in [1.165, 1.54) is 13.3 Å². The molecule has 0 spiro atoms. The van der Waals surface area contributed by atoms with E-state index in [-0.39, 0.29) is 24.7 Å². The number of imidazole rings is 1. The zero-order chi connectivity index (χ0) is 27.4. The summed E-state index contributed by atoms with van der Waals surface area (Å²) >= 11 is 12.3. The minimum absolute atomic E-state index is 0.0652. The molecule has 1 amide bonds. The fourth-order valence-electron chi connectivity index (χ4n) is 3.86. The van der Waals surface area contributed by atoms with Crippen LogP contribution >= 0.6 is 23.2 Å². The number of carbonyl (C=O) groups is 1. The number of ether oxygens (including phenoxy) is 2. The number of amides is 1. The molecule has 0 unspecified atom stereocenters. The third-order valence-corrected chi connectivity index (χ3v) is 6.28. The van der Waals surface area contributed by atoms with Gasteiger partial charge in [-0.2, -0.15) is 5.10 Å². The molecule has 3 N–H and O–H groups in total. The molecular weight excluding hydrogens is 545 g/mol. The van der Waals surface area contributed by atoms with Crippen LogP contribution in [-0.4, -0.2) is 39.1 Å². The average molecular weight is 566 g/mol. The molecule has 5 rings (SSSR count). The van der Waals surface area contributed by atoms with Gasteiger partial charge in [-0.25, -0.2) is 15.0 Å². The van der Waals surface area contributed by atoms with Crippen molar-refractivity contribution in [2.45, 2.75) is 13.2 Å². The quantitative estimate of drug-likeness (QED) is 0.193. The van der Waals surface area contributed by atoms with Gasteiger partial charge in [-0.3, -0.25) is 4.79 Å². The number of carbonyl (C=O) groups excluding carboxylic acids is 1. The Bertz CT molecular complexity index is 1680. The van der Waals surface area contributed by atoms with Crippen molar-refractivity contribution in [3.8, 4) is 23.0 Å². The van der Waals surface area contributed by atoms with Crippen molar-refractivity contribution in [2.75, 3.05) is 12.8 Å². The van der Waals surface area contributed by atoms with Crippen molar-refractivity contribution in [3.63, 3.8) is 0 Å². The summed E-state index contributed by atoms with van der Waals surface area (Å²) in [6, 6.07) is 17.8. The average Bonchev–Trinajstić information content (AvgIpc) is 3.51. The van der Waals surface area contributed by atoms with E-state index in [9.17, 15) is 4.79 Å². The number of methoxy groups -OCH3 is 1. The molecule has 0 fully saturated rings. The van der Waals surface area contributed by atoms with Gasteiger partial charge in [0.25, 0.3) is 5.91 Å². The molecule has 5 aromatic rings. The maximum absolute atomic E-state index is 12.9. The summed E-state index contributed by atoms with van der Waals surface area (Å²) in [4.78, 5) is 17.4. The molecule has 39 heavy (non-hydrogen) atoms. The highest BCUT2D eigenvalue weighted by Gasteiger charge is 2.20. The van der Waals surface area contributed by atoms with Crippen molar-refractivity contribution in [1.29, 1.82) is 0 Å². The predicted octanol–water partition coefficient (Wildman–Crippen LogP) is 4.71. The zero-order valence-corrected chi connectivity index (χ0v) is 22.0. The Morgan fingerprint density at radius 1 is 1.15 bits per heavy atom. The van der Waals surface area contributed by atoms with Gasteiger partial charge in [0.1, 0.15) is 13.2 Å². The third-order valence-electron chi connectivity index (χ3n) is 5.69. The highest BCUT2D eigenvalue weighted by atomic mass is 35.5. The second kappa shape index (κ2) is 11.4. The molecule has 0 saturated carbocycles. The first-order valence-electron chi connectivity index (χ1n) is 11.5. The van der Waals surface area contributed by atoms with E-state index in [0.29, 0.717) is 44.0 Å². The molecule has 11 nitrogen and oxygen atoms in total. The Morgan fingerprint density at radius 3 is 2.77 bits per heavy atom. The molecule has 0 radical (unpaired) electrons. The number of nitrogens with two attached hydrogens (primary N) is 1. The van der Waals surface area contributed by atoms with Gasteiger partial charge < -0.3 is 19.8 Å². The first-order chi connectivity index (χ1) is 18.9. The number of fused-ring (bicyclic) bond motifs is 1. The number of hydrogen-bond acceptors (Lipinski definition) is 9. The highest BCUT2D eigenvalue weighted by molar-refractivity contribution is 6.35. The smallest absolute Gasteiger partial charge is 0.260 e. The van der Waals surface area contributed by atoms with Gasteiger partial charge in [0.15, 0.2) is 28.8 Å². The molecule has 0 atom stereocenters. The van der Waals surface area contributed by atoms with E-state index in [2.05, 4.69) is 25.8 Å². The van der Waals surface area contributed by atoms with Crippen molar-refractivity contribution >= 4 is 52.2 Å². The molecular formula is C26H21Cl2N7O4. The van der Waals surface area contributed by atoms with Crippen LogP contribution in [0.3, 0.4) is 0 Å². The van der Waals surface area contributed by atoms with Gasteiger partial charge in [-0.05, 0) is 46.7 Å². The van der Waals surface area contributed by atoms with E-state index in [1.807, 2.05) is 24.3 Å². The van der Waals surface area contributed by atoms with Crippen LogP contribution in [-0.2, 0) is 17.9 Å². The maximum Gasteiger partial charge on any atom is 0.260 e. The highest BCUT2D eigenvalue weighted by Crippen LogP contribution is 2.32. The fourth-order valence-corrected chi connectivity index (χ4v) is 4.32. The Labute approximate surface area is 232 Å². The van der Waals surface area contributed by atoms with Crippen LogP contribution in [0.1, 0.15) is 11.1 Å². The van der Waals surface area contributed by atoms with Crippen LogP contribution in [0.2, 0.25) is 10.0 Å². The SMILES string of the molecule is COc1cccc(/C=N/NC(=O)Cn2c(-c3nonc3N)nc3ccccc32)c1OCc1ccc(Cl)cc1Cl. The fraction of sp³-hybridized carbons (Fsp3) is 0.115. The van der Waals surface area contributed by atoms with Crippen molar-refractivity contribution < 1.29 is 18.9 Å². The number of para-hydroxylation sites is 3.